The highest BCUT2D eigenvalue weighted by molar-refractivity contribution is 8.26. The van der Waals surface area contributed by atoms with Crippen LogP contribution in [0.15, 0.2) is 58.4 Å². The first-order valence-corrected chi connectivity index (χ1v) is 14.0. The molecule has 0 bridgehead atoms. The molecule has 0 aliphatic carbocycles. The lowest BCUT2D eigenvalue weighted by atomic mass is 10.1. The van der Waals surface area contributed by atoms with Crippen LogP contribution < -0.4 is 10.5 Å². The summed E-state index contributed by atoms with van der Waals surface area (Å²) >= 11 is 6.79. The smallest absolute Gasteiger partial charge is 0.409 e. The molecule has 3 aromatic rings. The van der Waals surface area contributed by atoms with E-state index in [0.29, 0.717) is 59.0 Å². The third-order valence-corrected chi connectivity index (χ3v) is 8.27. The number of anilines is 1. The first-order chi connectivity index (χ1) is 18.8. The van der Waals surface area contributed by atoms with Crippen molar-refractivity contribution in [2.45, 2.75) is 26.8 Å². The standard InChI is InChI=1S/C28H29N5O4S2/c1-4-37-27(36)31-15-13-30(14-16-31)24-21(25(34)32-12-8-9-18(2)23(32)29-24)17-22-26(35)33(28(38)39-22)19(3)20-10-6-5-7-11-20/h5-12,17,19H,4,13-16H2,1-3H3/b22-17-/t19-/m1/s1. The zero-order valence-electron chi connectivity index (χ0n) is 22.0. The molecule has 0 saturated carbocycles. The van der Waals surface area contributed by atoms with Crippen LogP contribution in [-0.4, -0.2) is 68.3 Å². The van der Waals surface area contributed by atoms with Crippen molar-refractivity contribution in [1.29, 1.82) is 0 Å². The van der Waals surface area contributed by atoms with Crippen LogP contribution in [0.5, 0.6) is 0 Å². The van der Waals surface area contributed by atoms with Gasteiger partial charge in [-0.2, -0.15) is 0 Å². The minimum atomic E-state index is -0.351. The van der Waals surface area contributed by atoms with Gasteiger partial charge in [-0.05, 0) is 44.0 Å². The summed E-state index contributed by atoms with van der Waals surface area (Å²) in [5.41, 5.74) is 2.42. The number of thiocarbonyl (C=S) groups is 1. The van der Waals surface area contributed by atoms with Crippen molar-refractivity contribution in [3.8, 4) is 0 Å². The summed E-state index contributed by atoms with van der Waals surface area (Å²) in [4.78, 5) is 50.1. The van der Waals surface area contributed by atoms with Crippen LogP contribution >= 0.6 is 24.0 Å². The third kappa shape index (κ3) is 5.16. The molecule has 5 rings (SSSR count). The highest BCUT2D eigenvalue weighted by Gasteiger charge is 2.37. The van der Waals surface area contributed by atoms with Gasteiger partial charge in [-0.1, -0.05) is 60.4 Å². The van der Waals surface area contributed by atoms with Crippen molar-refractivity contribution >= 4 is 57.8 Å². The molecule has 9 nitrogen and oxygen atoms in total. The lowest BCUT2D eigenvalue weighted by Gasteiger charge is -2.35. The summed E-state index contributed by atoms with van der Waals surface area (Å²) in [5.74, 6) is 0.243. The van der Waals surface area contributed by atoms with Crippen molar-refractivity contribution in [2.75, 3.05) is 37.7 Å². The lowest BCUT2D eigenvalue weighted by Crippen LogP contribution is -2.49. The second-order valence-corrected chi connectivity index (χ2v) is 11.0. The molecule has 2 saturated heterocycles. The number of thioether (sulfide) groups is 1. The summed E-state index contributed by atoms with van der Waals surface area (Å²) in [5, 5.41) is 0. The Labute approximate surface area is 236 Å². The number of carbonyl (C=O) groups is 2. The fourth-order valence-corrected chi connectivity index (χ4v) is 6.21. The van der Waals surface area contributed by atoms with Crippen molar-refractivity contribution in [3.05, 3.63) is 80.6 Å². The zero-order chi connectivity index (χ0) is 27.7. The van der Waals surface area contributed by atoms with E-state index in [4.69, 9.17) is 21.9 Å². The second-order valence-electron chi connectivity index (χ2n) is 9.35. The van der Waals surface area contributed by atoms with E-state index in [1.165, 1.54) is 16.2 Å². The molecule has 2 aliphatic heterocycles. The largest absolute Gasteiger partial charge is 0.450 e. The predicted octanol–water partition coefficient (Wildman–Crippen LogP) is 4.24. The Hall–Kier alpha value is -3.70. The Morgan fingerprint density at radius 3 is 2.54 bits per heavy atom. The average molecular weight is 564 g/mol. The molecule has 0 N–H and O–H groups in total. The van der Waals surface area contributed by atoms with Crippen molar-refractivity contribution in [3.63, 3.8) is 0 Å². The van der Waals surface area contributed by atoms with Gasteiger partial charge in [0.1, 0.15) is 15.8 Å². The van der Waals surface area contributed by atoms with Gasteiger partial charge in [-0.15, -0.1) is 0 Å². The first-order valence-electron chi connectivity index (χ1n) is 12.8. The van der Waals surface area contributed by atoms with Crippen LogP contribution in [0.25, 0.3) is 11.7 Å². The van der Waals surface area contributed by atoms with E-state index in [2.05, 4.69) is 0 Å². The average Bonchev–Trinajstić information content (AvgIpc) is 3.23. The molecule has 39 heavy (non-hydrogen) atoms. The number of pyridine rings is 1. The Bertz CT molecular complexity index is 1530. The highest BCUT2D eigenvalue weighted by Crippen LogP contribution is 2.38. The summed E-state index contributed by atoms with van der Waals surface area (Å²) in [7, 11) is 0. The third-order valence-electron chi connectivity index (χ3n) is 6.94. The molecule has 1 aromatic carbocycles. The van der Waals surface area contributed by atoms with Crippen LogP contribution in [0, 0.1) is 6.92 Å². The topological polar surface area (TPSA) is 87.5 Å². The van der Waals surface area contributed by atoms with Crippen molar-refractivity contribution in [1.82, 2.24) is 19.2 Å². The fourth-order valence-electron chi connectivity index (χ4n) is 4.81. The number of aromatic nitrogens is 2. The lowest BCUT2D eigenvalue weighted by molar-refractivity contribution is -0.123. The maximum atomic E-state index is 13.8. The molecule has 0 unspecified atom stereocenters. The molecule has 202 valence electrons. The summed E-state index contributed by atoms with van der Waals surface area (Å²) in [6.45, 7) is 7.74. The Kier molecular flexibility index (Phi) is 7.72. The minimum absolute atomic E-state index is 0.242. The number of piperazine rings is 1. The van der Waals surface area contributed by atoms with E-state index in [1.54, 1.807) is 35.1 Å². The Morgan fingerprint density at radius 1 is 1.13 bits per heavy atom. The predicted molar refractivity (Wildman–Crippen MR) is 157 cm³/mol. The molecular formula is C28H29N5O4S2. The van der Waals surface area contributed by atoms with Gasteiger partial charge in [0, 0.05) is 32.4 Å². The van der Waals surface area contributed by atoms with Gasteiger partial charge in [-0.3, -0.25) is 18.9 Å². The highest BCUT2D eigenvalue weighted by atomic mass is 32.2. The van der Waals surface area contributed by atoms with Gasteiger partial charge in [0.05, 0.1) is 23.1 Å². The van der Waals surface area contributed by atoms with Gasteiger partial charge in [0.15, 0.2) is 0 Å². The molecule has 2 amide bonds. The van der Waals surface area contributed by atoms with Gasteiger partial charge < -0.3 is 14.5 Å². The molecule has 2 aliphatic rings. The maximum absolute atomic E-state index is 13.8. The Balaban J connectivity index is 1.53. The van der Waals surface area contributed by atoms with Crippen LogP contribution in [0.2, 0.25) is 0 Å². The van der Waals surface area contributed by atoms with E-state index in [9.17, 15) is 14.4 Å². The Morgan fingerprint density at radius 2 is 1.85 bits per heavy atom. The quantitative estimate of drug-likeness (QED) is 0.337. The monoisotopic (exact) mass is 563 g/mol. The number of amides is 2. The number of carbonyl (C=O) groups excluding carboxylic acids is 2. The number of nitrogens with zero attached hydrogens (tertiary/aromatic N) is 5. The molecule has 4 heterocycles. The fraction of sp³-hybridized carbons (Fsp3) is 0.321. The van der Waals surface area contributed by atoms with Crippen LogP contribution in [0.1, 0.15) is 36.6 Å². The van der Waals surface area contributed by atoms with Crippen LogP contribution in [0.3, 0.4) is 0 Å². The number of hydrogen-bond acceptors (Lipinski definition) is 8. The van der Waals surface area contributed by atoms with Crippen molar-refractivity contribution < 1.29 is 14.3 Å². The molecular weight excluding hydrogens is 534 g/mol. The molecule has 2 aromatic heterocycles. The van der Waals surface area contributed by atoms with Crippen LogP contribution in [0.4, 0.5) is 10.6 Å². The number of aryl methyl sites for hydroxylation is 1. The first kappa shape index (κ1) is 26.9. The van der Waals surface area contributed by atoms with Gasteiger partial charge in [0.2, 0.25) is 0 Å². The van der Waals surface area contributed by atoms with Gasteiger partial charge in [-0.25, -0.2) is 9.78 Å². The summed E-state index contributed by atoms with van der Waals surface area (Å²) in [6.07, 6.45) is 2.95. The van der Waals surface area contributed by atoms with Gasteiger partial charge >= 0.3 is 6.09 Å². The minimum Gasteiger partial charge on any atom is -0.450 e. The summed E-state index contributed by atoms with van der Waals surface area (Å²) in [6, 6.07) is 13.2. The normalized spacial score (nSPS) is 17.8. The maximum Gasteiger partial charge on any atom is 0.409 e. The number of benzene rings is 1. The van der Waals surface area contributed by atoms with E-state index in [-0.39, 0.29) is 23.6 Å². The van der Waals surface area contributed by atoms with Crippen LogP contribution in [-0.2, 0) is 9.53 Å². The molecule has 2 fully saturated rings. The van der Waals surface area contributed by atoms with Gasteiger partial charge in [0.25, 0.3) is 11.5 Å². The van der Waals surface area contributed by atoms with E-state index < -0.39 is 0 Å². The SMILES string of the molecule is CCOC(=O)N1CCN(c2nc3c(C)cccn3c(=O)c2/C=C2\SC(=S)N([C@H](C)c3ccccc3)C2=O)CC1. The molecule has 0 radical (unpaired) electrons. The van der Waals surface area contributed by atoms with E-state index in [1.807, 2.05) is 55.1 Å². The number of hydrogen-bond donors (Lipinski definition) is 0. The van der Waals surface area contributed by atoms with Crippen molar-refractivity contribution in [2.24, 2.45) is 0 Å². The number of rotatable bonds is 5. The second kappa shape index (κ2) is 11.2. The molecule has 11 heteroatoms. The van der Waals surface area contributed by atoms with E-state index >= 15 is 0 Å². The van der Waals surface area contributed by atoms with E-state index in [0.717, 1.165) is 11.1 Å². The zero-order valence-corrected chi connectivity index (χ0v) is 23.6. The number of ether oxygens (including phenoxy) is 1. The molecule has 1 atom stereocenters. The number of fused-ring (bicyclic) bond motifs is 1. The summed E-state index contributed by atoms with van der Waals surface area (Å²) < 4.78 is 7.09. The molecule has 0 spiro atoms.